The number of piperidine rings is 1. The Morgan fingerprint density at radius 2 is 1.88 bits per heavy atom. The Hall–Kier alpha value is -4.47. The summed E-state index contributed by atoms with van der Waals surface area (Å²) in [6.45, 7) is 2.81. The Morgan fingerprint density at radius 1 is 1.02 bits per heavy atom. The Bertz CT molecular complexity index is 1650. The zero-order valence-electron chi connectivity index (χ0n) is 23.2. The molecular weight excluding hydrogens is 512 g/mol. The van der Waals surface area contributed by atoms with Crippen molar-refractivity contribution in [3.8, 4) is 29.1 Å². The first-order chi connectivity index (χ1) is 20.1. The van der Waals surface area contributed by atoms with Crippen molar-refractivity contribution < 1.29 is 4.74 Å². The highest BCUT2D eigenvalue weighted by molar-refractivity contribution is 5.84. The van der Waals surface area contributed by atoms with E-state index in [9.17, 15) is 10.5 Å². The number of nitriles is 2. The molecule has 41 heavy (non-hydrogen) atoms. The quantitative estimate of drug-likeness (QED) is 0.313. The van der Waals surface area contributed by atoms with E-state index in [1.54, 1.807) is 13.3 Å². The molecule has 0 amide bonds. The maximum atomic E-state index is 9.75. The van der Waals surface area contributed by atoms with Gasteiger partial charge in [0, 0.05) is 67.5 Å². The van der Waals surface area contributed by atoms with Crippen LogP contribution >= 0.6 is 0 Å². The first kappa shape index (κ1) is 25.5. The van der Waals surface area contributed by atoms with Crippen LogP contribution in [0.4, 0.5) is 5.82 Å². The van der Waals surface area contributed by atoms with Crippen LogP contribution in [0.5, 0.6) is 5.88 Å². The van der Waals surface area contributed by atoms with Gasteiger partial charge in [-0.05, 0) is 61.4 Å². The lowest BCUT2D eigenvalue weighted by Crippen LogP contribution is -2.68. The Labute approximate surface area is 239 Å². The summed E-state index contributed by atoms with van der Waals surface area (Å²) in [5.74, 6) is 1.63. The first-order valence-electron chi connectivity index (χ1n) is 14.4. The van der Waals surface area contributed by atoms with Crippen LogP contribution in [0.3, 0.4) is 0 Å². The number of hydrogen-bond donors (Lipinski definition) is 0. The van der Waals surface area contributed by atoms with E-state index in [1.807, 2.05) is 29.2 Å². The molecule has 2 atom stereocenters. The molecule has 4 aromatic rings. The van der Waals surface area contributed by atoms with Crippen LogP contribution in [0.1, 0.15) is 48.8 Å². The predicted octanol–water partition coefficient (Wildman–Crippen LogP) is 4.76. The summed E-state index contributed by atoms with van der Waals surface area (Å²) < 4.78 is 7.00. The van der Waals surface area contributed by atoms with Gasteiger partial charge < -0.3 is 9.64 Å². The van der Waals surface area contributed by atoms with Gasteiger partial charge in [0.05, 0.1) is 35.9 Å². The minimum atomic E-state index is -0.184. The van der Waals surface area contributed by atoms with E-state index < -0.39 is 0 Å². The fourth-order valence-electron chi connectivity index (χ4n) is 6.72. The molecule has 2 unspecified atom stereocenters. The van der Waals surface area contributed by atoms with Crippen LogP contribution in [-0.4, -0.2) is 56.8 Å². The van der Waals surface area contributed by atoms with Gasteiger partial charge in [-0.3, -0.25) is 4.90 Å². The molecule has 4 aliphatic rings. The molecule has 4 aromatic heterocycles. The van der Waals surface area contributed by atoms with Crippen molar-refractivity contribution in [2.24, 2.45) is 5.41 Å². The minimum absolute atomic E-state index is 0.184. The molecule has 1 aliphatic carbocycles. The van der Waals surface area contributed by atoms with Crippen molar-refractivity contribution in [1.29, 1.82) is 10.5 Å². The molecule has 1 saturated carbocycles. The standard InChI is InChI=1S/C32H32N8O/c1-41-30-6-3-23(14-36-30)17-39-26-12-27(39)20-38(19-26)29-5-4-24(15-35-29)28-11-22(7-10-32(21-34)8-2-9-32)18-40-31(28)25(13-33)16-37-40/h3-6,11,14-16,18,26-27H,2,7-10,12,17,19-20H2,1H3. The Morgan fingerprint density at radius 3 is 2.51 bits per heavy atom. The summed E-state index contributed by atoms with van der Waals surface area (Å²) in [5.41, 5.74) is 5.41. The summed E-state index contributed by atoms with van der Waals surface area (Å²) in [7, 11) is 1.64. The van der Waals surface area contributed by atoms with Crippen LogP contribution < -0.4 is 9.64 Å². The fraction of sp³-hybridized carbons (Fsp3) is 0.406. The molecular formula is C32H32N8O. The summed E-state index contributed by atoms with van der Waals surface area (Å²) in [6.07, 6.45) is 13.4. The van der Waals surface area contributed by atoms with E-state index >= 15 is 0 Å². The summed E-state index contributed by atoms with van der Waals surface area (Å²) in [4.78, 5) is 14.2. The van der Waals surface area contributed by atoms with Gasteiger partial charge in [0.2, 0.25) is 5.88 Å². The van der Waals surface area contributed by atoms with Crippen LogP contribution in [0.15, 0.2) is 55.1 Å². The van der Waals surface area contributed by atoms with E-state index in [4.69, 9.17) is 9.72 Å². The largest absolute Gasteiger partial charge is 0.481 e. The zero-order valence-corrected chi connectivity index (χ0v) is 23.2. The topological polar surface area (TPSA) is 106 Å². The van der Waals surface area contributed by atoms with E-state index in [0.29, 0.717) is 23.5 Å². The second-order valence-corrected chi connectivity index (χ2v) is 11.7. The lowest BCUT2D eigenvalue weighted by molar-refractivity contribution is -0.00876. The van der Waals surface area contributed by atoms with E-state index in [-0.39, 0.29) is 5.41 Å². The monoisotopic (exact) mass is 544 g/mol. The number of anilines is 1. The second kappa shape index (κ2) is 10.2. The molecule has 3 saturated heterocycles. The van der Waals surface area contributed by atoms with Crippen molar-refractivity contribution in [3.63, 3.8) is 0 Å². The molecule has 0 N–H and O–H groups in total. The van der Waals surface area contributed by atoms with Crippen molar-refractivity contribution in [2.75, 3.05) is 25.1 Å². The molecule has 206 valence electrons. The number of methoxy groups -OCH3 is 1. The van der Waals surface area contributed by atoms with Gasteiger partial charge in [0.1, 0.15) is 11.9 Å². The van der Waals surface area contributed by atoms with Crippen LogP contribution in [-0.2, 0) is 13.0 Å². The number of ether oxygens (including phenoxy) is 1. The fourth-order valence-corrected chi connectivity index (χ4v) is 6.72. The number of nitrogens with zero attached hydrogens (tertiary/aromatic N) is 8. The van der Waals surface area contributed by atoms with E-state index in [2.05, 4.69) is 56.3 Å². The highest BCUT2D eigenvalue weighted by Crippen LogP contribution is 2.44. The average Bonchev–Trinajstić information content (AvgIpc) is 3.43. The van der Waals surface area contributed by atoms with Gasteiger partial charge in [0.25, 0.3) is 0 Å². The van der Waals surface area contributed by atoms with E-state index in [0.717, 1.165) is 79.8 Å². The molecule has 8 rings (SSSR count). The van der Waals surface area contributed by atoms with Crippen LogP contribution in [0.2, 0.25) is 0 Å². The van der Waals surface area contributed by atoms with Crippen molar-refractivity contribution in [1.82, 2.24) is 24.5 Å². The van der Waals surface area contributed by atoms with Gasteiger partial charge in [0.15, 0.2) is 0 Å². The normalized spacial score (nSPS) is 21.0. The smallest absolute Gasteiger partial charge is 0.212 e. The van der Waals surface area contributed by atoms with Crippen LogP contribution in [0, 0.1) is 28.1 Å². The molecule has 4 fully saturated rings. The number of hydrogen-bond acceptors (Lipinski definition) is 8. The van der Waals surface area contributed by atoms with Gasteiger partial charge in [-0.15, -0.1) is 0 Å². The molecule has 0 radical (unpaired) electrons. The number of aryl methyl sites for hydroxylation is 1. The van der Waals surface area contributed by atoms with Gasteiger partial charge >= 0.3 is 0 Å². The number of fused-ring (bicyclic) bond motifs is 3. The van der Waals surface area contributed by atoms with Gasteiger partial charge in [-0.2, -0.15) is 15.6 Å². The van der Waals surface area contributed by atoms with Gasteiger partial charge in [-0.25, -0.2) is 14.5 Å². The average molecular weight is 545 g/mol. The highest BCUT2D eigenvalue weighted by Gasteiger charge is 2.44. The number of pyridine rings is 3. The molecule has 3 aliphatic heterocycles. The lowest BCUT2D eigenvalue weighted by Gasteiger charge is -2.56. The number of piperazine rings is 1. The minimum Gasteiger partial charge on any atom is -0.481 e. The second-order valence-electron chi connectivity index (χ2n) is 11.7. The number of aromatic nitrogens is 4. The summed E-state index contributed by atoms with van der Waals surface area (Å²) in [5, 5.41) is 23.9. The summed E-state index contributed by atoms with van der Waals surface area (Å²) >= 11 is 0. The third-order valence-electron chi connectivity index (χ3n) is 9.33. The van der Waals surface area contributed by atoms with Gasteiger partial charge in [-0.1, -0.05) is 12.5 Å². The van der Waals surface area contributed by atoms with Crippen molar-refractivity contribution in [2.45, 2.75) is 57.2 Å². The zero-order chi connectivity index (χ0) is 28.0. The third kappa shape index (κ3) is 4.57. The Kier molecular flexibility index (Phi) is 6.33. The van der Waals surface area contributed by atoms with Crippen molar-refractivity contribution in [3.05, 3.63) is 71.8 Å². The van der Waals surface area contributed by atoms with Crippen molar-refractivity contribution >= 4 is 11.3 Å². The molecule has 2 bridgehead atoms. The molecule has 9 heteroatoms. The molecule has 0 spiro atoms. The molecule has 9 nitrogen and oxygen atoms in total. The van der Waals surface area contributed by atoms with E-state index in [1.165, 1.54) is 12.0 Å². The third-order valence-corrected chi connectivity index (χ3v) is 9.33. The maximum Gasteiger partial charge on any atom is 0.212 e. The number of rotatable bonds is 8. The molecule has 0 aromatic carbocycles. The summed E-state index contributed by atoms with van der Waals surface area (Å²) in [6, 6.07) is 16.2. The Balaban J connectivity index is 1.08. The van der Waals surface area contributed by atoms with Crippen LogP contribution in [0.25, 0.3) is 16.6 Å². The predicted molar refractivity (Wildman–Crippen MR) is 154 cm³/mol. The lowest BCUT2D eigenvalue weighted by atomic mass is 9.67. The first-order valence-corrected chi connectivity index (χ1v) is 14.4. The molecule has 7 heterocycles. The SMILES string of the molecule is COc1ccc(CN2C3CC2CN(c2ccc(-c4cc(CCC5(C#N)CCC5)cn5ncc(C#N)c45)cn2)C3)cn1. The highest BCUT2D eigenvalue weighted by atomic mass is 16.5. The maximum absolute atomic E-state index is 9.75.